The largest absolute Gasteiger partial charge is 0.438 e. The summed E-state index contributed by atoms with van der Waals surface area (Å²) in [7, 11) is 0. The number of oxazole rings is 1. The van der Waals surface area contributed by atoms with Crippen LogP contribution in [0, 0.1) is 11.6 Å². The van der Waals surface area contributed by atoms with Crippen molar-refractivity contribution in [1.29, 1.82) is 0 Å². The number of carbonyl (C=O) groups excluding carboxylic acids is 1. The maximum absolute atomic E-state index is 13.6. The summed E-state index contributed by atoms with van der Waals surface area (Å²) in [5.74, 6) is -0.836. The van der Waals surface area contributed by atoms with Gasteiger partial charge in [0.05, 0.1) is 5.75 Å². The molecule has 0 bridgehead atoms. The molecule has 1 fully saturated rings. The Morgan fingerprint density at radius 2 is 1.81 bits per heavy atom. The van der Waals surface area contributed by atoms with E-state index in [1.165, 1.54) is 23.9 Å². The van der Waals surface area contributed by atoms with Gasteiger partial charge in [0.15, 0.2) is 17.2 Å². The molecule has 1 amide bonds. The first-order valence-electron chi connectivity index (χ1n) is 10.4. The Labute approximate surface area is 188 Å². The molecule has 1 aliphatic heterocycles. The summed E-state index contributed by atoms with van der Waals surface area (Å²) in [6, 6.07) is 18.8. The lowest BCUT2D eigenvalue weighted by atomic mass is 10.1. The Balaban J connectivity index is 1.36. The highest BCUT2D eigenvalue weighted by molar-refractivity contribution is 8.00. The minimum Gasteiger partial charge on any atom is -0.438 e. The van der Waals surface area contributed by atoms with Crippen molar-refractivity contribution >= 4 is 28.8 Å². The molecule has 1 aliphatic rings. The first-order chi connectivity index (χ1) is 15.6. The number of halogens is 2. The van der Waals surface area contributed by atoms with Crippen LogP contribution in [-0.4, -0.2) is 28.1 Å². The standard InChI is InChI=1S/C25H20F2N2O2S/c26-19-10-8-16(13-20(19)27)17-9-11-23-21(14-17)28-25(31-23)22-7-4-12-29(22)24(30)15-32-18-5-2-1-3-6-18/h1-3,5-6,8-11,13-14,22H,4,7,12,15H2/t22-/m1/s1. The zero-order chi connectivity index (χ0) is 22.1. The molecule has 5 rings (SSSR count). The van der Waals surface area contributed by atoms with E-state index in [-0.39, 0.29) is 11.9 Å². The van der Waals surface area contributed by atoms with Crippen molar-refractivity contribution in [3.05, 3.63) is 84.3 Å². The fraction of sp³-hybridized carbons (Fsp3) is 0.200. The highest BCUT2D eigenvalue weighted by Crippen LogP contribution is 2.35. The number of fused-ring (bicyclic) bond motifs is 1. The molecule has 4 aromatic rings. The van der Waals surface area contributed by atoms with Gasteiger partial charge in [0.2, 0.25) is 11.8 Å². The summed E-state index contributed by atoms with van der Waals surface area (Å²) in [5.41, 5.74) is 2.50. The van der Waals surface area contributed by atoms with Gasteiger partial charge in [0, 0.05) is 11.4 Å². The van der Waals surface area contributed by atoms with Crippen LogP contribution in [0.4, 0.5) is 8.78 Å². The van der Waals surface area contributed by atoms with Crippen LogP contribution in [0.25, 0.3) is 22.2 Å². The lowest BCUT2D eigenvalue weighted by Crippen LogP contribution is -2.32. The van der Waals surface area contributed by atoms with Crippen LogP contribution in [0.2, 0.25) is 0 Å². The predicted octanol–water partition coefficient (Wildman–Crippen LogP) is 6.23. The van der Waals surface area contributed by atoms with Gasteiger partial charge in [-0.1, -0.05) is 30.3 Å². The van der Waals surface area contributed by atoms with Crippen LogP contribution in [0.5, 0.6) is 0 Å². The summed E-state index contributed by atoms with van der Waals surface area (Å²) in [4.78, 5) is 20.4. The lowest BCUT2D eigenvalue weighted by Gasteiger charge is -2.22. The Kier molecular flexibility index (Phi) is 5.66. The van der Waals surface area contributed by atoms with Crippen LogP contribution in [0.3, 0.4) is 0 Å². The molecule has 0 unspecified atom stereocenters. The SMILES string of the molecule is O=C(CSc1ccccc1)N1CCC[C@@H]1c1nc2cc(-c3ccc(F)c(F)c3)ccc2o1. The van der Waals surface area contributed by atoms with Crippen molar-refractivity contribution in [3.63, 3.8) is 0 Å². The van der Waals surface area contributed by atoms with E-state index in [0.29, 0.717) is 34.9 Å². The van der Waals surface area contributed by atoms with Crippen molar-refractivity contribution in [3.8, 4) is 11.1 Å². The van der Waals surface area contributed by atoms with Crippen molar-refractivity contribution in [2.75, 3.05) is 12.3 Å². The molecule has 0 saturated carbocycles. The van der Waals surface area contributed by atoms with E-state index in [4.69, 9.17) is 4.42 Å². The zero-order valence-electron chi connectivity index (χ0n) is 17.1. The average molecular weight is 451 g/mol. The summed E-state index contributed by atoms with van der Waals surface area (Å²) >= 11 is 1.52. The summed E-state index contributed by atoms with van der Waals surface area (Å²) in [5, 5.41) is 0. The fourth-order valence-electron chi connectivity index (χ4n) is 4.01. The van der Waals surface area contributed by atoms with Crippen molar-refractivity contribution in [2.45, 2.75) is 23.8 Å². The molecule has 0 spiro atoms. The van der Waals surface area contributed by atoms with Gasteiger partial charge < -0.3 is 9.32 Å². The third kappa shape index (κ3) is 4.12. The molecule has 2 heterocycles. The van der Waals surface area contributed by atoms with Crippen LogP contribution in [-0.2, 0) is 4.79 Å². The number of nitrogens with zero attached hydrogens (tertiary/aromatic N) is 2. The summed E-state index contributed by atoms with van der Waals surface area (Å²) < 4.78 is 32.9. The van der Waals surface area contributed by atoms with E-state index >= 15 is 0 Å². The van der Waals surface area contributed by atoms with E-state index in [1.807, 2.05) is 35.2 Å². The molecule has 3 aromatic carbocycles. The second-order valence-corrected chi connectivity index (χ2v) is 8.76. The smallest absolute Gasteiger partial charge is 0.233 e. The second kappa shape index (κ2) is 8.74. The van der Waals surface area contributed by atoms with E-state index in [1.54, 1.807) is 18.2 Å². The van der Waals surface area contributed by atoms with Gasteiger partial charge in [0.1, 0.15) is 11.6 Å². The molecule has 32 heavy (non-hydrogen) atoms. The summed E-state index contributed by atoms with van der Waals surface area (Å²) in [6.45, 7) is 0.678. The number of aromatic nitrogens is 1. The Morgan fingerprint density at radius 3 is 2.62 bits per heavy atom. The minimum atomic E-state index is -0.892. The molecular formula is C25H20F2N2O2S. The molecule has 0 N–H and O–H groups in total. The van der Waals surface area contributed by atoms with Gasteiger partial charge in [-0.05, 0) is 60.4 Å². The third-order valence-corrected chi connectivity index (χ3v) is 6.62. The van der Waals surface area contributed by atoms with Crippen LogP contribution in [0.1, 0.15) is 24.8 Å². The number of likely N-dealkylation sites (tertiary alicyclic amines) is 1. The quantitative estimate of drug-likeness (QED) is 0.338. The number of hydrogen-bond acceptors (Lipinski definition) is 4. The van der Waals surface area contributed by atoms with E-state index < -0.39 is 11.6 Å². The number of amides is 1. The van der Waals surface area contributed by atoms with Gasteiger partial charge in [-0.2, -0.15) is 0 Å². The number of carbonyl (C=O) groups is 1. The van der Waals surface area contributed by atoms with Crippen molar-refractivity contribution < 1.29 is 18.0 Å². The first kappa shape index (κ1) is 20.7. The summed E-state index contributed by atoms with van der Waals surface area (Å²) in [6.07, 6.45) is 1.69. The molecule has 162 valence electrons. The Hall–Kier alpha value is -3.19. The van der Waals surface area contributed by atoms with Gasteiger partial charge in [0.25, 0.3) is 0 Å². The van der Waals surface area contributed by atoms with Gasteiger partial charge >= 0.3 is 0 Å². The Morgan fingerprint density at radius 1 is 1.03 bits per heavy atom. The van der Waals surface area contributed by atoms with Crippen molar-refractivity contribution in [2.24, 2.45) is 0 Å². The maximum atomic E-state index is 13.6. The number of benzene rings is 3. The highest BCUT2D eigenvalue weighted by Gasteiger charge is 2.33. The van der Waals surface area contributed by atoms with E-state index in [9.17, 15) is 13.6 Å². The Bertz CT molecular complexity index is 1280. The van der Waals surface area contributed by atoms with E-state index in [2.05, 4.69) is 4.98 Å². The number of rotatable bonds is 5. The molecule has 0 aliphatic carbocycles. The maximum Gasteiger partial charge on any atom is 0.233 e. The molecule has 1 atom stereocenters. The van der Waals surface area contributed by atoms with Gasteiger partial charge in [-0.3, -0.25) is 4.79 Å². The molecule has 1 saturated heterocycles. The third-order valence-electron chi connectivity index (χ3n) is 5.62. The topological polar surface area (TPSA) is 46.3 Å². The van der Waals surface area contributed by atoms with Crippen LogP contribution < -0.4 is 0 Å². The van der Waals surface area contributed by atoms with Gasteiger partial charge in [-0.15, -0.1) is 11.8 Å². The molecule has 1 aromatic heterocycles. The molecular weight excluding hydrogens is 430 g/mol. The fourth-order valence-corrected chi connectivity index (χ4v) is 4.82. The van der Waals surface area contributed by atoms with Crippen molar-refractivity contribution in [1.82, 2.24) is 9.88 Å². The van der Waals surface area contributed by atoms with Crippen LogP contribution in [0.15, 0.2) is 76.0 Å². The van der Waals surface area contributed by atoms with Crippen LogP contribution >= 0.6 is 11.8 Å². The molecule has 0 radical (unpaired) electrons. The lowest BCUT2D eigenvalue weighted by molar-refractivity contribution is -0.129. The second-order valence-electron chi connectivity index (χ2n) is 7.71. The molecule has 4 nitrogen and oxygen atoms in total. The van der Waals surface area contributed by atoms with Gasteiger partial charge in [-0.25, -0.2) is 13.8 Å². The first-order valence-corrected chi connectivity index (χ1v) is 11.4. The zero-order valence-corrected chi connectivity index (χ0v) is 17.9. The normalized spacial score (nSPS) is 16.1. The minimum absolute atomic E-state index is 0.0612. The number of hydrogen-bond donors (Lipinski definition) is 0. The van der Waals surface area contributed by atoms with E-state index in [0.717, 1.165) is 29.4 Å². The highest BCUT2D eigenvalue weighted by atomic mass is 32.2. The molecule has 7 heteroatoms. The average Bonchev–Trinajstić information content (AvgIpc) is 3.46. The monoisotopic (exact) mass is 450 g/mol. The number of thioether (sulfide) groups is 1. The predicted molar refractivity (Wildman–Crippen MR) is 120 cm³/mol.